The summed E-state index contributed by atoms with van der Waals surface area (Å²) < 4.78 is 44.3. The fourth-order valence-corrected chi connectivity index (χ4v) is 6.69. The fraction of sp³-hybridized carbons (Fsp3) is 0.739. The van der Waals surface area contributed by atoms with E-state index in [0.717, 1.165) is 0 Å². The van der Waals surface area contributed by atoms with Gasteiger partial charge in [0.15, 0.2) is 17.4 Å². The molecule has 1 unspecified atom stereocenters. The van der Waals surface area contributed by atoms with Crippen molar-refractivity contribution >= 4 is 42.4 Å². The Hall–Kier alpha value is -2.02. The third kappa shape index (κ3) is 5.64. The minimum Gasteiger partial charge on any atom is -0.476 e. The molecule has 0 aliphatic carbocycles. The lowest BCUT2D eigenvalue weighted by atomic mass is 9.88. The molecule has 13 nitrogen and oxygen atoms in total. The molecule has 2 saturated heterocycles. The number of ether oxygens (including phenoxy) is 3. The highest BCUT2D eigenvalue weighted by Crippen LogP contribution is 2.58. The zero-order chi connectivity index (χ0) is 28.0. The van der Waals surface area contributed by atoms with Gasteiger partial charge in [0.1, 0.15) is 23.7 Å². The maximum Gasteiger partial charge on any atom is 0.406 e. The van der Waals surface area contributed by atoms with Gasteiger partial charge in [0, 0.05) is 0 Å². The number of imidazole rings is 1. The van der Waals surface area contributed by atoms with Crippen molar-refractivity contribution in [2.24, 2.45) is 11.3 Å². The van der Waals surface area contributed by atoms with Crippen molar-refractivity contribution in [3.8, 4) is 5.88 Å². The normalized spacial score (nSPS) is 30.4. The van der Waals surface area contributed by atoms with Gasteiger partial charge in [-0.3, -0.25) is 18.4 Å². The number of rotatable bonds is 8. The third-order valence-corrected chi connectivity index (χ3v) is 8.53. The Labute approximate surface area is 226 Å². The summed E-state index contributed by atoms with van der Waals surface area (Å²) in [6.45, 7) is 13.2. The van der Waals surface area contributed by atoms with Crippen LogP contribution in [0.15, 0.2) is 6.33 Å². The number of nitrogens with zero attached hydrogens (tertiary/aromatic N) is 4. The Kier molecular flexibility index (Phi) is 8.02. The summed E-state index contributed by atoms with van der Waals surface area (Å²) in [4.78, 5) is 23.7. The highest BCUT2D eigenvalue weighted by atomic mass is 35.5. The van der Waals surface area contributed by atoms with Crippen LogP contribution in [0.1, 0.15) is 54.7 Å². The summed E-state index contributed by atoms with van der Waals surface area (Å²) in [6.07, 6.45) is -0.737. The van der Waals surface area contributed by atoms with Gasteiger partial charge in [-0.2, -0.15) is 9.97 Å². The summed E-state index contributed by atoms with van der Waals surface area (Å²) in [5, 5.41) is 2.97. The minimum absolute atomic E-state index is 0.00704. The number of nitrogens with two attached hydrogens (primary N) is 1. The third-order valence-electron chi connectivity index (χ3n) is 6.51. The number of aromatic nitrogens is 4. The molecule has 212 valence electrons. The zero-order valence-corrected chi connectivity index (χ0v) is 24.3. The van der Waals surface area contributed by atoms with Gasteiger partial charge >= 0.3 is 13.7 Å². The van der Waals surface area contributed by atoms with Gasteiger partial charge < -0.3 is 19.9 Å². The topological polar surface area (TPSA) is 162 Å². The Bertz CT molecular complexity index is 1230. The Morgan fingerprint density at radius 3 is 2.74 bits per heavy atom. The van der Waals surface area contributed by atoms with Crippen molar-refractivity contribution in [1.82, 2.24) is 24.6 Å². The largest absolute Gasteiger partial charge is 0.476 e. The van der Waals surface area contributed by atoms with E-state index < -0.39 is 42.5 Å². The van der Waals surface area contributed by atoms with E-state index in [1.54, 1.807) is 25.3 Å². The fourth-order valence-electron chi connectivity index (χ4n) is 4.25. The molecule has 2 fully saturated rings. The average Bonchev–Trinajstić information content (AvgIpc) is 3.33. The maximum atomic E-state index is 13.8. The highest BCUT2D eigenvalue weighted by Gasteiger charge is 2.60. The van der Waals surface area contributed by atoms with Crippen LogP contribution in [-0.2, 0) is 27.9 Å². The van der Waals surface area contributed by atoms with Crippen LogP contribution >= 0.6 is 19.3 Å². The predicted molar refractivity (Wildman–Crippen MR) is 140 cm³/mol. The van der Waals surface area contributed by atoms with E-state index in [1.165, 1.54) is 6.33 Å². The van der Waals surface area contributed by atoms with E-state index in [1.807, 2.05) is 27.7 Å². The van der Waals surface area contributed by atoms with Crippen LogP contribution < -0.4 is 15.6 Å². The first-order valence-electron chi connectivity index (χ1n) is 12.5. The number of carbonyl (C=O) groups is 1. The van der Waals surface area contributed by atoms with Gasteiger partial charge in [0.05, 0.1) is 31.5 Å². The number of carbonyl (C=O) groups excluding carboxylic acids is 1. The molecule has 3 N–H and O–H groups in total. The van der Waals surface area contributed by atoms with Crippen LogP contribution in [0, 0.1) is 11.3 Å². The summed E-state index contributed by atoms with van der Waals surface area (Å²) in [7, 11) is -3.87. The average molecular weight is 575 g/mol. The molecular weight excluding hydrogens is 539 g/mol. The van der Waals surface area contributed by atoms with Crippen LogP contribution in [0.25, 0.3) is 11.2 Å². The standard InChI is InChI=1S/C23H36ClN6O7P/c1-8-33-18-15-17(27-21(25)28-18)30(11-26-15)20-23(7,24)16-13(36-20)9-35-38(32,37-16)29-14(22(4,5)6)10-34-19(31)12(2)3/h11-14,16,20H,8-10H2,1-7H3,(H,29,32)(H2,25,27,28)/t13-,14+,16-,20-,23-,38?/m1/s1. The molecule has 4 rings (SSSR count). The van der Waals surface area contributed by atoms with Crippen molar-refractivity contribution in [2.75, 3.05) is 25.6 Å². The van der Waals surface area contributed by atoms with E-state index in [-0.39, 0.29) is 36.9 Å². The molecule has 15 heteroatoms. The van der Waals surface area contributed by atoms with E-state index in [0.29, 0.717) is 17.8 Å². The van der Waals surface area contributed by atoms with Crippen LogP contribution in [0.2, 0.25) is 0 Å². The van der Waals surface area contributed by atoms with Crippen LogP contribution in [0.4, 0.5) is 5.95 Å². The molecule has 2 aliphatic heterocycles. The number of halogens is 1. The molecule has 0 aromatic carbocycles. The molecule has 2 aliphatic rings. The molecule has 2 aromatic rings. The molecule has 38 heavy (non-hydrogen) atoms. The molecule has 2 aromatic heterocycles. The Morgan fingerprint density at radius 2 is 2.11 bits per heavy atom. The summed E-state index contributed by atoms with van der Waals surface area (Å²) in [5.74, 6) is -0.382. The number of hydrogen-bond donors (Lipinski definition) is 2. The van der Waals surface area contributed by atoms with Gasteiger partial charge in [0.25, 0.3) is 0 Å². The minimum atomic E-state index is -3.87. The second-order valence-electron chi connectivity index (χ2n) is 11.0. The molecular formula is C23H36ClN6O7P. The second-order valence-corrected chi connectivity index (χ2v) is 13.5. The van der Waals surface area contributed by atoms with Crippen LogP contribution in [-0.4, -0.2) is 68.4 Å². The van der Waals surface area contributed by atoms with Gasteiger partial charge in [-0.1, -0.05) is 34.6 Å². The van der Waals surface area contributed by atoms with E-state index in [4.69, 9.17) is 40.6 Å². The van der Waals surface area contributed by atoms with Crippen LogP contribution in [0.5, 0.6) is 5.88 Å². The molecule has 6 atom stereocenters. The van der Waals surface area contributed by atoms with Crippen molar-refractivity contribution < 1.29 is 32.6 Å². The molecule has 4 heterocycles. The predicted octanol–water partition coefficient (Wildman–Crippen LogP) is 3.43. The Morgan fingerprint density at radius 1 is 1.39 bits per heavy atom. The molecule has 0 amide bonds. The monoisotopic (exact) mass is 574 g/mol. The summed E-state index contributed by atoms with van der Waals surface area (Å²) in [6, 6.07) is -0.526. The lowest BCUT2D eigenvalue weighted by Crippen LogP contribution is -2.49. The smallest absolute Gasteiger partial charge is 0.406 e. The first kappa shape index (κ1) is 29.0. The molecule has 0 radical (unpaired) electrons. The van der Waals surface area contributed by atoms with Gasteiger partial charge in [-0.25, -0.2) is 14.6 Å². The summed E-state index contributed by atoms with van der Waals surface area (Å²) in [5.41, 5.74) is 6.24. The number of anilines is 1. The Balaban J connectivity index is 1.57. The first-order chi connectivity index (χ1) is 17.7. The highest BCUT2D eigenvalue weighted by molar-refractivity contribution is 7.51. The molecule has 0 bridgehead atoms. The number of nitrogen functional groups attached to an aromatic ring is 1. The lowest BCUT2D eigenvalue weighted by Gasteiger charge is -2.39. The van der Waals surface area contributed by atoms with Gasteiger partial charge in [-0.15, -0.1) is 11.6 Å². The SMILES string of the molecule is CCOc1nc(N)nc2c1ncn2[C@@H]1O[C@@H]2COP(=O)(N[C@@H](COC(=O)C(C)C)C(C)(C)C)O[C@H]2[C@@]1(C)Cl. The lowest BCUT2D eigenvalue weighted by molar-refractivity contribution is -0.148. The van der Waals surface area contributed by atoms with E-state index in [9.17, 15) is 9.36 Å². The number of nitrogens with one attached hydrogen (secondary N) is 1. The zero-order valence-electron chi connectivity index (χ0n) is 22.6. The second kappa shape index (κ2) is 10.5. The van der Waals surface area contributed by atoms with E-state index >= 15 is 0 Å². The maximum absolute atomic E-state index is 13.8. The van der Waals surface area contributed by atoms with E-state index in [2.05, 4.69) is 20.0 Å². The van der Waals surface area contributed by atoms with Crippen molar-refractivity contribution in [3.63, 3.8) is 0 Å². The van der Waals surface area contributed by atoms with Crippen molar-refractivity contribution in [1.29, 1.82) is 0 Å². The van der Waals surface area contributed by atoms with Gasteiger partial charge in [0.2, 0.25) is 11.8 Å². The van der Waals surface area contributed by atoms with Crippen LogP contribution in [0.3, 0.4) is 0 Å². The molecule has 0 spiro atoms. The number of hydrogen-bond acceptors (Lipinski definition) is 11. The van der Waals surface area contributed by atoms with Gasteiger partial charge in [-0.05, 0) is 19.3 Å². The number of esters is 1. The van der Waals surface area contributed by atoms with Crippen molar-refractivity contribution in [2.45, 2.75) is 77.8 Å². The molecule has 0 saturated carbocycles. The quantitative estimate of drug-likeness (QED) is 0.269. The first-order valence-corrected chi connectivity index (χ1v) is 14.4. The van der Waals surface area contributed by atoms with Crippen molar-refractivity contribution in [3.05, 3.63) is 6.33 Å². The number of alkyl halides is 1. The summed E-state index contributed by atoms with van der Waals surface area (Å²) >= 11 is 7.05. The number of fused-ring (bicyclic) bond motifs is 2.